The summed E-state index contributed by atoms with van der Waals surface area (Å²) in [5, 5.41) is 10.1. The lowest BCUT2D eigenvalue weighted by atomic mass is 9.90. The third-order valence-electron chi connectivity index (χ3n) is 4.36. The molecule has 0 saturated carbocycles. The van der Waals surface area contributed by atoms with Crippen LogP contribution in [0.5, 0.6) is 0 Å². The van der Waals surface area contributed by atoms with Crippen LogP contribution in [-0.4, -0.2) is 46.0 Å². The number of nitrogens with two attached hydrogens (primary N) is 1. The van der Waals surface area contributed by atoms with Crippen molar-refractivity contribution in [1.82, 2.24) is 9.55 Å². The fourth-order valence-corrected chi connectivity index (χ4v) is 2.65. The van der Waals surface area contributed by atoms with Crippen LogP contribution in [0, 0.1) is 12.3 Å². The van der Waals surface area contributed by atoms with Gasteiger partial charge >= 0.3 is 11.7 Å². The highest BCUT2D eigenvalue weighted by atomic mass is 16.6. The van der Waals surface area contributed by atoms with E-state index in [1.54, 1.807) is 20.8 Å². The molecule has 0 radical (unpaired) electrons. The second-order valence-corrected chi connectivity index (χ2v) is 6.93. The summed E-state index contributed by atoms with van der Waals surface area (Å²) in [7, 11) is 0. The predicted octanol–water partition coefficient (Wildman–Crippen LogP) is -0.588. The van der Waals surface area contributed by atoms with E-state index in [1.165, 1.54) is 10.8 Å². The van der Waals surface area contributed by atoms with Gasteiger partial charge in [0.05, 0.1) is 11.5 Å². The Balaban J connectivity index is 2.02. The molecule has 4 N–H and O–H groups in total. The Kier molecular flexibility index (Phi) is 5.81. The molecule has 1 aromatic heterocycles. The van der Waals surface area contributed by atoms with Crippen molar-refractivity contribution >= 4 is 5.97 Å². The molecule has 25 heavy (non-hydrogen) atoms. The lowest BCUT2D eigenvalue weighted by Gasteiger charge is -2.23. The van der Waals surface area contributed by atoms with E-state index in [9.17, 15) is 19.5 Å². The number of esters is 1. The average Bonchev–Trinajstić information content (AvgIpc) is 2.89. The number of aliphatic hydroxyl groups is 1. The average molecular weight is 355 g/mol. The van der Waals surface area contributed by atoms with Crippen LogP contribution in [0.1, 0.15) is 38.5 Å². The van der Waals surface area contributed by atoms with Crippen molar-refractivity contribution in [3.63, 3.8) is 0 Å². The summed E-state index contributed by atoms with van der Waals surface area (Å²) >= 11 is 0. The number of aryl methyl sites for hydroxylation is 1. The third kappa shape index (κ3) is 4.36. The van der Waals surface area contributed by atoms with E-state index in [-0.39, 0.29) is 13.0 Å². The lowest BCUT2D eigenvalue weighted by Crippen LogP contribution is -2.35. The van der Waals surface area contributed by atoms with Crippen LogP contribution in [0.25, 0.3) is 0 Å². The Hall–Kier alpha value is -1.97. The van der Waals surface area contributed by atoms with Crippen molar-refractivity contribution in [3.05, 3.63) is 32.6 Å². The number of H-pyrrole nitrogens is 1. The molecule has 1 fully saturated rings. The first-order valence-corrected chi connectivity index (χ1v) is 8.18. The molecule has 1 aliphatic heterocycles. The zero-order valence-corrected chi connectivity index (χ0v) is 14.7. The Bertz CT molecular complexity index is 738. The minimum atomic E-state index is -0.894. The van der Waals surface area contributed by atoms with Crippen molar-refractivity contribution in [2.45, 2.75) is 52.0 Å². The van der Waals surface area contributed by atoms with E-state index < -0.39 is 41.1 Å². The molecule has 0 bridgehead atoms. The quantitative estimate of drug-likeness (QED) is 0.580. The minimum absolute atomic E-state index is 0.123. The molecule has 3 atom stereocenters. The molecule has 2 rings (SSSR count). The fourth-order valence-electron chi connectivity index (χ4n) is 2.65. The van der Waals surface area contributed by atoms with Gasteiger partial charge in [0.15, 0.2) is 0 Å². The fraction of sp³-hybridized carbons (Fsp3) is 0.688. The number of nitrogens with zero attached hydrogens (tertiary/aromatic N) is 1. The van der Waals surface area contributed by atoms with E-state index in [2.05, 4.69) is 4.98 Å². The Labute approximate surface area is 144 Å². The van der Waals surface area contributed by atoms with Crippen LogP contribution in [0.4, 0.5) is 0 Å². The number of aromatic amines is 1. The van der Waals surface area contributed by atoms with Gasteiger partial charge in [-0.2, -0.15) is 0 Å². The number of aliphatic hydroxyl groups excluding tert-OH is 1. The first-order chi connectivity index (χ1) is 11.7. The molecular formula is C16H25N3O6. The minimum Gasteiger partial charge on any atom is -0.462 e. The van der Waals surface area contributed by atoms with Crippen LogP contribution < -0.4 is 17.0 Å². The zero-order valence-electron chi connectivity index (χ0n) is 14.7. The van der Waals surface area contributed by atoms with Crippen LogP contribution in [0.2, 0.25) is 0 Å². The Morgan fingerprint density at radius 1 is 1.52 bits per heavy atom. The summed E-state index contributed by atoms with van der Waals surface area (Å²) in [5.41, 5.74) is 4.04. The zero-order chi connectivity index (χ0) is 18.8. The number of nitrogens with one attached hydrogen (secondary N) is 1. The summed E-state index contributed by atoms with van der Waals surface area (Å²) in [5.74, 6) is -0.422. The van der Waals surface area contributed by atoms with Gasteiger partial charge in [0.2, 0.25) is 0 Å². The van der Waals surface area contributed by atoms with Gasteiger partial charge in [0, 0.05) is 18.2 Å². The van der Waals surface area contributed by atoms with Crippen LogP contribution in [0.3, 0.4) is 0 Å². The molecule has 2 heterocycles. The predicted molar refractivity (Wildman–Crippen MR) is 89.0 cm³/mol. The highest BCUT2D eigenvalue weighted by Gasteiger charge is 2.37. The van der Waals surface area contributed by atoms with Crippen molar-refractivity contribution in [2.75, 3.05) is 13.2 Å². The summed E-state index contributed by atoms with van der Waals surface area (Å²) in [4.78, 5) is 37.6. The highest BCUT2D eigenvalue weighted by molar-refractivity contribution is 5.75. The van der Waals surface area contributed by atoms with Crippen LogP contribution >= 0.6 is 0 Å². The van der Waals surface area contributed by atoms with Gasteiger partial charge in [-0.1, -0.05) is 0 Å². The van der Waals surface area contributed by atoms with Gasteiger partial charge in [-0.05, 0) is 33.7 Å². The molecule has 9 heteroatoms. The topological polar surface area (TPSA) is 137 Å². The standard InChI is InChI=1S/C16H25N3O6/c1-9-7-19(15(23)18-13(9)21)12-6-10(20)11(25-12)8-24-14(22)16(2,3)4-5-17/h7,10-12,20H,4-6,8,17H2,1-3H3,(H,18,21,23)/t10?,11-,12-/m1/s1. The van der Waals surface area contributed by atoms with E-state index in [1.807, 2.05) is 0 Å². The lowest BCUT2D eigenvalue weighted by molar-refractivity contribution is -0.160. The van der Waals surface area contributed by atoms with E-state index in [4.69, 9.17) is 15.2 Å². The summed E-state index contributed by atoms with van der Waals surface area (Å²) in [6, 6.07) is 0. The van der Waals surface area contributed by atoms with E-state index in [0.29, 0.717) is 18.5 Å². The van der Waals surface area contributed by atoms with Crippen LogP contribution in [0.15, 0.2) is 15.8 Å². The summed E-state index contributed by atoms with van der Waals surface area (Å²) in [6.45, 7) is 5.28. The van der Waals surface area contributed by atoms with Gasteiger partial charge in [0.1, 0.15) is 18.9 Å². The number of rotatable bonds is 6. The largest absolute Gasteiger partial charge is 0.462 e. The number of hydrogen-bond acceptors (Lipinski definition) is 7. The summed E-state index contributed by atoms with van der Waals surface area (Å²) < 4.78 is 12.1. The SMILES string of the molecule is Cc1cn([C@H]2CC(O)[C@@H](COC(=O)C(C)(C)CCN)O2)c(=O)[nH]c1=O. The number of carbonyl (C=O) groups is 1. The first-order valence-electron chi connectivity index (χ1n) is 8.18. The molecule has 0 spiro atoms. The molecule has 1 saturated heterocycles. The smallest absolute Gasteiger partial charge is 0.330 e. The first kappa shape index (κ1) is 19.4. The molecule has 1 aromatic rings. The monoisotopic (exact) mass is 355 g/mol. The maximum absolute atomic E-state index is 12.1. The maximum Gasteiger partial charge on any atom is 0.330 e. The van der Waals surface area contributed by atoms with Gasteiger partial charge in [-0.15, -0.1) is 0 Å². The van der Waals surface area contributed by atoms with Crippen LogP contribution in [-0.2, 0) is 14.3 Å². The van der Waals surface area contributed by atoms with Gasteiger partial charge < -0.3 is 20.3 Å². The van der Waals surface area contributed by atoms with Crippen molar-refractivity contribution in [1.29, 1.82) is 0 Å². The van der Waals surface area contributed by atoms with Crippen molar-refractivity contribution in [2.24, 2.45) is 11.1 Å². The normalized spacial score (nSPS) is 23.6. The third-order valence-corrected chi connectivity index (χ3v) is 4.36. The molecule has 140 valence electrons. The molecular weight excluding hydrogens is 330 g/mol. The van der Waals surface area contributed by atoms with Gasteiger partial charge in [-0.3, -0.25) is 19.1 Å². The number of carbonyl (C=O) groups excluding carboxylic acids is 1. The summed E-state index contributed by atoms with van der Waals surface area (Å²) in [6.07, 6.45) is -0.360. The van der Waals surface area contributed by atoms with Gasteiger partial charge in [0.25, 0.3) is 5.56 Å². The van der Waals surface area contributed by atoms with E-state index in [0.717, 1.165) is 0 Å². The highest BCUT2D eigenvalue weighted by Crippen LogP contribution is 2.29. The second-order valence-electron chi connectivity index (χ2n) is 6.93. The number of aromatic nitrogens is 2. The molecule has 1 unspecified atom stereocenters. The Morgan fingerprint density at radius 2 is 2.20 bits per heavy atom. The van der Waals surface area contributed by atoms with E-state index >= 15 is 0 Å². The molecule has 0 aromatic carbocycles. The second kappa shape index (κ2) is 7.51. The molecule has 1 aliphatic rings. The number of ether oxygens (including phenoxy) is 2. The van der Waals surface area contributed by atoms with Gasteiger partial charge in [-0.25, -0.2) is 4.79 Å². The molecule has 9 nitrogen and oxygen atoms in total. The van der Waals surface area contributed by atoms with Crippen molar-refractivity contribution in [3.8, 4) is 0 Å². The Morgan fingerprint density at radius 3 is 2.84 bits per heavy atom. The number of hydrogen-bond donors (Lipinski definition) is 3. The molecule has 0 aliphatic carbocycles. The maximum atomic E-state index is 12.1. The molecule has 0 amide bonds. The van der Waals surface area contributed by atoms with Crippen molar-refractivity contribution < 1.29 is 19.4 Å².